The number of imidazole rings is 1. The Labute approximate surface area is 149 Å². The summed E-state index contributed by atoms with van der Waals surface area (Å²) in [6.07, 6.45) is 2.07. The summed E-state index contributed by atoms with van der Waals surface area (Å²) in [6.45, 7) is 0. The van der Waals surface area contributed by atoms with Gasteiger partial charge in [0.25, 0.3) is 0 Å². The summed E-state index contributed by atoms with van der Waals surface area (Å²) in [5.74, 6) is 0.848. The van der Waals surface area contributed by atoms with Crippen LogP contribution in [0.5, 0.6) is 0 Å². The molecule has 3 aromatic heterocycles. The van der Waals surface area contributed by atoms with E-state index in [-0.39, 0.29) is 0 Å². The van der Waals surface area contributed by atoms with E-state index in [0.29, 0.717) is 0 Å². The van der Waals surface area contributed by atoms with Crippen LogP contribution in [-0.4, -0.2) is 18.9 Å². The fraction of sp³-hybridized carbons (Fsp3) is 0. The summed E-state index contributed by atoms with van der Waals surface area (Å²) in [4.78, 5) is 9.88. The Kier molecular flexibility index (Phi) is 2.58. The molecule has 0 bridgehead atoms. The van der Waals surface area contributed by atoms with Gasteiger partial charge in [0.15, 0.2) is 11.5 Å². The van der Waals surface area contributed by atoms with Crippen LogP contribution in [0.1, 0.15) is 0 Å². The number of hydrogen-bond donors (Lipinski definition) is 0. The summed E-state index contributed by atoms with van der Waals surface area (Å²) >= 11 is 0. The van der Waals surface area contributed by atoms with Gasteiger partial charge in [0.05, 0.1) is 27.6 Å². The monoisotopic (exact) mass is 334 g/mol. The van der Waals surface area contributed by atoms with E-state index >= 15 is 0 Å². The van der Waals surface area contributed by atoms with E-state index in [1.165, 1.54) is 5.39 Å². The molecule has 4 nitrogen and oxygen atoms in total. The molecule has 0 spiro atoms. The quantitative estimate of drug-likeness (QED) is 0.425. The largest absolute Gasteiger partial charge is 0.298 e. The highest BCUT2D eigenvalue weighted by Gasteiger charge is 2.16. The molecule has 3 aromatic carbocycles. The highest BCUT2D eigenvalue weighted by molar-refractivity contribution is 5.92. The SMILES string of the molecule is c1ccc2c(c1)ccn2-c1nc2ccccc2n2c1nc1ccccc12. The van der Waals surface area contributed by atoms with Crippen LogP contribution < -0.4 is 0 Å². The molecule has 6 aromatic rings. The molecule has 4 heteroatoms. The lowest BCUT2D eigenvalue weighted by Crippen LogP contribution is -2.02. The zero-order valence-electron chi connectivity index (χ0n) is 13.9. The molecular weight excluding hydrogens is 320 g/mol. The second kappa shape index (κ2) is 4.92. The Morgan fingerprint density at radius 3 is 1.96 bits per heavy atom. The first-order valence-corrected chi connectivity index (χ1v) is 8.62. The Bertz CT molecular complexity index is 1440. The maximum atomic E-state index is 4.97. The molecular formula is C22H14N4. The molecule has 122 valence electrons. The van der Waals surface area contributed by atoms with Crippen molar-refractivity contribution in [3.05, 3.63) is 85.1 Å². The van der Waals surface area contributed by atoms with E-state index in [0.717, 1.165) is 39.0 Å². The van der Waals surface area contributed by atoms with Gasteiger partial charge < -0.3 is 0 Å². The van der Waals surface area contributed by atoms with Gasteiger partial charge in [-0.25, -0.2) is 9.97 Å². The number of fused-ring (bicyclic) bond motifs is 6. The topological polar surface area (TPSA) is 35.1 Å². The number of para-hydroxylation sites is 5. The molecule has 0 saturated heterocycles. The van der Waals surface area contributed by atoms with E-state index in [2.05, 4.69) is 75.8 Å². The Morgan fingerprint density at radius 2 is 1.19 bits per heavy atom. The van der Waals surface area contributed by atoms with Crippen LogP contribution in [-0.2, 0) is 0 Å². The van der Waals surface area contributed by atoms with Crippen molar-refractivity contribution in [1.29, 1.82) is 0 Å². The van der Waals surface area contributed by atoms with Crippen molar-refractivity contribution in [2.45, 2.75) is 0 Å². The zero-order chi connectivity index (χ0) is 17.1. The smallest absolute Gasteiger partial charge is 0.182 e. The van der Waals surface area contributed by atoms with Gasteiger partial charge >= 0.3 is 0 Å². The van der Waals surface area contributed by atoms with Crippen molar-refractivity contribution < 1.29 is 0 Å². The lowest BCUT2D eigenvalue weighted by Gasteiger charge is -2.10. The van der Waals surface area contributed by atoms with Gasteiger partial charge in [-0.2, -0.15) is 0 Å². The third kappa shape index (κ3) is 1.73. The minimum atomic E-state index is 0.848. The highest BCUT2D eigenvalue weighted by Crippen LogP contribution is 2.28. The lowest BCUT2D eigenvalue weighted by atomic mass is 10.2. The molecule has 3 heterocycles. The molecule has 0 atom stereocenters. The molecule has 0 N–H and O–H groups in total. The van der Waals surface area contributed by atoms with Crippen molar-refractivity contribution in [3.63, 3.8) is 0 Å². The number of benzene rings is 3. The van der Waals surface area contributed by atoms with Crippen molar-refractivity contribution in [3.8, 4) is 5.82 Å². The predicted octanol–water partition coefficient (Wildman–Crippen LogP) is 4.98. The minimum absolute atomic E-state index is 0.848. The number of aromatic nitrogens is 4. The first kappa shape index (κ1) is 13.6. The summed E-state index contributed by atoms with van der Waals surface area (Å²) in [6, 6.07) is 26.9. The second-order valence-corrected chi connectivity index (χ2v) is 6.43. The van der Waals surface area contributed by atoms with Gasteiger partial charge in [0.1, 0.15) is 0 Å². The van der Waals surface area contributed by atoms with Gasteiger partial charge in [-0.05, 0) is 41.8 Å². The second-order valence-electron chi connectivity index (χ2n) is 6.43. The van der Waals surface area contributed by atoms with Gasteiger partial charge in [0.2, 0.25) is 0 Å². The summed E-state index contributed by atoms with van der Waals surface area (Å²) in [7, 11) is 0. The Balaban J connectivity index is 1.86. The van der Waals surface area contributed by atoms with Crippen LogP contribution in [0.25, 0.3) is 44.4 Å². The first-order valence-electron chi connectivity index (χ1n) is 8.62. The van der Waals surface area contributed by atoms with Gasteiger partial charge in [0, 0.05) is 6.20 Å². The fourth-order valence-corrected chi connectivity index (χ4v) is 3.76. The third-order valence-electron chi connectivity index (χ3n) is 4.94. The summed E-state index contributed by atoms with van der Waals surface area (Å²) in [5.41, 5.74) is 6.09. The van der Waals surface area contributed by atoms with E-state index in [1.807, 2.05) is 18.2 Å². The van der Waals surface area contributed by atoms with Crippen LogP contribution in [0, 0.1) is 0 Å². The number of hydrogen-bond acceptors (Lipinski definition) is 2. The average molecular weight is 334 g/mol. The minimum Gasteiger partial charge on any atom is -0.298 e. The van der Waals surface area contributed by atoms with Crippen LogP contribution in [0.15, 0.2) is 85.1 Å². The van der Waals surface area contributed by atoms with Gasteiger partial charge in [-0.15, -0.1) is 0 Å². The van der Waals surface area contributed by atoms with Crippen LogP contribution in [0.4, 0.5) is 0 Å². The Hall–Kier alpha value is -3.66. The zero-order valence-corrected chi connectivity index (χ0v) is 13.9. The standard InChI is InChI=1S/C22H14N4/c1-4-10-18-15(7-1)13-14-25(18)21-22-24-17-9-3-6-12-20(17)26(22)19-11-5-2-8-16(19)23-21/h1-14H. The van der Waals surface area contributed by atoms with Crippen molar-refractivity contribution >= 4 is 38.6 Å². The molecule has 0 radical (unpaired) electrons. The molecule has 26 heavy (non-hydrogen) atoms. The maximum Gasteiger partial charge on any atom is 0.182 e. The first-order chi connectivity index (χ1) is 12.9. The highest BCUT2D eigenvalue weighted by atomic mass is 15.1. The predicted molar refractivity (Wildman–Crippen MR) is 105 cm³/mol. The Morgan fingerprint density at radius 1 is 0.577 bits per heavy atom. The molecule has 0 amide bonds. The average Bonchev–Trinajstić information content (AvgIpc) is 3.29. The van der Waals surface area contributed by atoms with Crippen LogP contribution in [0.3, 0.4) is 0 Å². The lowest BCUT2D eigenvalue weighted by molar-refractivity contribution is 1.04. The van der Waals surface area contributed by atoms with E-state index in [9.17, 15) is 0 Å². The molecule has 0 unspecified atom stereocenters. The normalized spacial score (nSPS) is 11.8. The summed E-state index contributed by atoms with van der Waals surface area (Å²) < 4.78 is 4.34. The summed E-state index contributed by atoms with van der Waals surface area (Å²) in [5, 5.41) is 1.19. The van der Waals surface area contributed by atoms with Gasteiger partial charge in [-0.3, -0.25) is 8.97 Å². The molecule has 0 saturated carbocycles. The van der Waals surface area contributed by atoms with E-state index in [4.69, 9.17) is 9.97 Å². The van der Waals surface area contributed by atoms with Crippen LogP contribution >= 0.6 is 0 Å². The number of nitrogens with zero attached hydrogens (tertiary/aromatic N) is 4. The molecule has 6 rings (SSSR count). The van der Waals surface area contributed by atoms with E-state index < -0.39 is 0 Å². The van der Waals surface area contributed by atoms with Crippen molar-refractivity contribution in [2.24, 2.45) is 0 Å². The van der Waals surface area contributed by atoms with Gasteiger partial charge in [-0.1, -0.05) is 42.5 Å². The fourth-order valence-electron chi connectivity index (χ4n) is 3.76. The van der Waals surface area contributed by atoms with Crippen LogP contribution in [0.2, 0.25) is 0 Å². The molecule has 0 aliphatic carbocycles. The number of rotatable bonds is 1. The molecule has 0 fully saturated rings. The van der Waals surface area contributed by atoms with E-state index in [1.54, 1.807) is 0 Å². The van der Waals surface area contributed by atoms with Crippen molar-refractivity contribution in [1.82, 2.24) is 18.9 Å². The third-order valence-corrected chi connectivity index (χ3v) is 4.94. The molecule has 0 aliphatic heterocycles. The molecule has 0 aliphatic rings. The maximum absolute atomic E-state index is 4.97. The van der Waals surface area contributed by atoms with Crippen molar-refractivity contribution in [2.75, 3.05) is 0 Å².